The van der Waals surface area contributed by atoms with Crippen molar-refractivity contribution in [3.8, 4) is 33.4 Å². The number of fused-ring (bicyclic) bond motifs is 5. The van der Waals surface area contributed by atoms with E-state index in [0.717, 1.165) is 9.52 Å². The van der Waals surface area contributed by atoms with E-state index in [1.807, 2.05) is 6.07 Å². The summed E-state index contributed by atoms with van der Waals surface area (Å²) in [5.74, 6) is 1.26. The molecule has 1 aliphatic heterocycles. The van der Waals surface area contributed by atoms with Crippen LogP contribution in [0.15, 0.2) is 140 Å². The van der Waals surface area contributed by atoms with Crippen molar-refractivity contribution in [2.45, 2.75) is 80.1 Å². The minimum atomic E-state index is 0. The van der Waals surface area contributed by atoms with E-state index in [9.17, 15) is 0 Å². The Balaban J connectivity index is 0.000000145. The summed E-state index contributed by atoms with van der Waals surface area (Å²) in [6.45, 7) is 18.0. The molecule has 9 rings (SSSR count). The fourth-order valence-electron chi connectivity index (χ4n) is 7.84. The molecule has 1 heterocycles. The van der Waals surface area contributed by atoms with Crippen LogP contribution in [-0.4, -0.2) is 9.52 Å². The van der Waals surface area contributed by atoms with Gasteiger partial charge in [-0.25, -0.2) is 0 Å². The Morgan fingerprint density at radius 1 is 0.518 bits per heavy atom. The topological polar surface area (TPSA) is 0 Å². The molecule has 2 atom stereocenters. The molecular weight excluding hydrogens is 855 g/mol. The third-order valence-electron chi connectivity index (χ3n) is 12.0. The molecule has 0 bridgehead atoms. The Kier molecular flexibility index (Phi) is 13.5. The van der Waals surface area contributed by atoms with Crippen molar-refractivity contribution in [1.82, 2.24) is 0 Å². The zero-order valence-corrected chi connectivity index (χ0v) is 38.9. The van der Waals surface area contributed by atoms with E-state index in [-0.39, 0.29) is 25.8 Å². The van der Waals surface area contributed by atoms with Gasteiger partial charge in [0.05, 0.1) is 9.52 Å². The normalized spacial score (nSPS) is 12.4. The summed E-state index contributed by atoms with van der Waals surface area (Å²) in [5, 5.41) is 8.33. The Hall–Kier alpha value is -4.37. The van der Waals surface area contributed by atoms with Crippen molar-refractivity contribution >= 4 is 41.4 Å². The molecule has 1 aliphatic rings. The summed E-state index contributed by atoms with van der Waals surface area (Å²) in [6.07, 6.45) is 2.38. The van der Waals surface area contributed by atoms with Gasteiger partial charge < -0.3 is 0 Å². The maximum Gasteiger partial charge on any atom is 0.0920 e. The van der Waals surface area contributed by atoms with Crippen LogP contribution in [0, 0.1) is 33.8 Å². The van der Waals surface area contributed by atoms with Crippen molar-refractivity contribution < 1.29 is 25.8 Å². The molecule has 8 aromatic rings. The van der Waals surface area contributed by atoms with E-state index in [4.69, 9.17) is 0 Å². The molecule has 0 aliphatic carbocycles. The molecule has 280 valence electrons. The molecule has 8 aromatic carbocycles. The molecule has 2 radical (unpaired) electrons. The van der Waals surface area contributed by atoms with Gasteiger partial charge in [0.1, 0.15) is 0 Å². The van der Waals surface area contributed by atoms with Gasteiger partial charge in [0.25, 0.3) is 0 Å². The molecule has 0 saturated heterocycles. The number of rotatable bonds is 6. The average molecular weight is 909 g/mol. The Labute approximate surface area is 357 Å². The van der Waals surface area contributed by atoms with Gasteiger partial charge >= 0.3 is 0 Å². The fraction of sp³-hybridized carbons (Fsp3) is 0.222. The van der Waals surface area contributed by atoms with Crippen molar-refractivity contribution in [3.05, 3.63) is 179 Å². The van der Waals surface area contributed by atoms with Crippen LogP contribution in [0.1, 0.15) is 85.8 Å². The molecule has 0 fully saturated rings. The van der Waals surface area contributed by atoms with Crippen molar-refractivity contribution in [3.63, 3.8) is 0 Å². The van der Waals surface area contributed by atoms with E-state index in [2.05, 4.69) is 195 Å². The predicted molar refractivity (Wildman–Crippen MR) is 242 cm³/mol. The Bertz CT molecular complexity index is 2400. The molecule has 0 spiro atoms. The molecule has 0 amide bonds. The zero-order valence-electron chi connectivity index (χ0n) is 34.3. The fourth-order valence-corrected chi connectivity index (χ4v) is 9.15. The number of aryl methyl sites for hydroxylation is 2. The average Bonchev–Trinajstić information content (AvgIpc) is 3.95. The maximum atomic E-state index is 3.31. The molecule has 2 heteroatoms. The first-order valence-corrected chi connectivity index (χ1v) is 21.1. The summed E-state index contributed by atoms with van der Waals surface area (Å²) < 4.78 is 0. The van der Waals surface area contributed by atoms with Crippen LogP contribution in [0.25, 0.3) is 54.9 Å². The number of hydrogen-bond acceptors (Lipinski definition) is 0. The van der Waals surface area contributed by atoms with Crippen molar-refractivity contribution in [1.29, 1.82) is 0 Å². The van der Waals surface area contributed by atoms with E-state index in [1.165, 1.54) is 112 Å². The summed E-state index contributed by atoms with van der Waals surface area (Å²) in [7, 11) is 0.795. The van der Waals surface area contributed by atoms with Gasteiger partial charge in [-0.2, -0.15) is 41.6 Å². The van der Waals surface area contributed by atoms with E-state index in [0.29, 0.717) is 11.8 Å². The van der Waals surface area contributed by atoms with Gasteiger partial charge in [-0.15, -0.1) is 74.6 Å². The summed E-state index contributed by atoms with van der Waals surface area (Å²) in [5.41, 5.74) is 16.6. The van der Waals surface area contributed by atoms with Crippen LogP contribution in [0.3, 0.4) is 0 Å². The SMILES string of the molecule is CCC(C)c1cc2c(-c3cccc(C)c3C)cccc2[cH-]1.CCC(C)c1cc2c(-c3cccc(C)c3C)cccc2[cH-]1.[Hf].[c-]1cccc2c1[Si]c1ccccc1-2. The standard InChI is InChI=1S/2C21H23.C12H7Si.Hf/c2*1-5-14(2)18-12-17-9-7-11-20(21(17)13-18)19-10-6-8-15(3)16(19)4;1-3-7-11-9(5-1)10-6-2-4-8-12(10)13-11;/h2*6-14H,5H2,1-4H3;1-7H;/q3*-1;. The van der Waals surface area contributed by atoms with Gasteiger partial charge in [0, 0.05) is 25.8 Å². The van der Waals surface area contributed by atoms with E-state index < -0.39 is 0 Å². The largest absolute Gasteiger partial charge is 0.184 e. The number of hydrogen-bond donors (Lipinski definition) is 0. The molecule has 0 aromatic heterocycles. The second-order valence-electron chi connectivity index (χ2n) is 15.4. The monoisotopic (exact) mass is 909 g/mol. The van der Waals surface area contributed by atoms with Crippen LogP contribution < -0.4 is 10.4 Å². The second-order valence-corrected chi connectivity index (χ2v) is 16.7. The number of benzene rings is 6. The first-order valence-electron chi connectivity index (χ1n) is 20.1. The molecule has 0 nitrogen and oxygen atoms in total. The minimum Gasteiger partial charge on any atom is -0.184 e. The van der Waals surface area contributed by atoms with Gasteiger partial charge in [-0.3, -0.25) is 0 Å². The van der Waals surface area contributed by atoms with Crippen molar-refractivity contribution in [2.75, 3.05) is 0 Å². The third kappa shape index (κ3) is 8.48. The third-order valence-corrected chi connectivity index (χ3v) is 13.4. The summed E-state index contributed by atoms with van der Waals surface area (Å²) in [4.78, 5) is 0. The first-order chi connectivity index (χ1) is 26.7. The van der Waals surface area contributed by atoms with Crippen LogP contribution in [-0.2, 0) is 25.8 Å². The van der Waals surface area contributed by atoms with Gasteiger partial charge in [-0.05, 0) is 72.9 Å². The summed E-state index contributed by atoms with van der Waals surface area (Å²) in [6, 6.07) is 54.2. The molecule has 2 unspecified atom stereocenters. The van der Waals surface area contributed by atoms with E-state index in [1.54, 1.807) is 0 Å². The van der Waals surface area contributed by atoms with Crippen molar-refractivity contribution in [2.24, 2.45) is 0 Å². The smallest absolute Gasteiger partial charge is 0.0920 e. The van der Waals surface area contributed by atoms with Gasteiger partial charge in [0.15, 0.2) is 0 Å². The quantitative estimate of drug-likeness (QED) is 0.115. The Morgan fingerprint density at radius 3 is 1.48 bits per heavy atom. The maximum absolute atomic E-state index is 3.31. The molecule has 0 saturated carbocycles. The Morgan fingerprint density at radius 2 is 0.964 bits per heavy atom. The molecule has 0 N–H and O–H groups in total. The first kappa shape index (κ1) is 41.3. The molecule has 56 heavy (non-hydrogen) atoms. The predicted octanol–water partition coefficient (Wildman–Crippen LogP) is 13.8. The van der Waals surface area contributed by atoms with Gasteiger partial charge in [0.2, 0.25) is 0 Å². The minimum absolute atomic E-state index is 0. The summed E-state index contributed by atoms with van der Waals surface area (Å²) >= 11 is 0. The molecular formula is C54H53HfSi-3. The van der Waals surface area contributed by atoms with Crippen LogP contribution in [0.5, 0.6) is 0 Å². The zero-order chi connectivity index (χ0) is 38.6. The van der Waals surface area contributed by atoms with Gasteiger partial charge in [-0.1, -0.05) is 135 Å². The van der Waals surface area contributed by atoms with Crippen LogP contribution in [0.2, 0.25) is 0 Å². The van der Waals surface area contributed by atoms with E-state index >= 15 is 0 Å². The second kappa shape index (κ2) is 18.3. The van der Waals surface area contributed by atoms with Crippen LogP contribution >= 0.6 is 0 Å². The van der Waals surface area contributed by atoms with Crippen LogP contribution in [0.4, 0.5) is 0 Å².